The van der Waals surface area contributed by atoms with Crippen LogP contribution in [0, 0.1) is 5.95 Å². The van der Waals surface area contributed by atoms with Gasteiger partial charge in [0.25, 0.3) is 0 Å². The Balaban J connectivity index is 1.76. The van der Waals surface area contributed by atoms with Gasteiger partial charge in [0.05, 0.1) is 6.54 Å². The summed E-state index contributed by atoms with van der Waals surface area (Å²) < 4.78 is 52.2. The monoisotopic (exact) mass is 423 g/mol. The second kappa shape index (κ2) is 8.56. The molecule has 11 heteroatoms. The van der Waals surface area contributed by atoms with Crippen molar-refractivity contribution < 1.29 is 27.5 Å². The van der Waals surface area contributed by atoms with Gasteiger partial charge in [0.1, 0.15) is 23.8 Å². The highest BCUT2D eigenvalue weighted by Crippen LogP contribution is 2.40. The standard InChI is InChI=1S/C19H17F4N5O2/c20-16-4-3-11(7-26-16)13(18(29)30)8-25-9-27-17(24)12-5-14(10-1-2-10)28-15(6-12)19(21,22)23/h3-7,9-10,13H,1-2,8H2,(H,29,30)(H2,24,25,27). The Bertz CT molecular complexity index is 985. The van der Waals surface area contributed by atoms with E-state index in [1.54, 1.807) is 0 Å². The molecule has 1 unspecified atom stereocenters. The number of hydrogen-bond donors (Lipinski definition) is 2. The number of aliphatic imine (C=N–C) groups is 2. The molecule has 0 bridgehead atoms. The highest BCUT2D eigenvalue weighted by molar-refractivity contribution is 6.01. The number of amidine groups is 1. The van der Waals surface area contributed by atoms with Crippen LogP contribution in [-0.2, 0) is 11.0 Å². The Morgan fingerprint density at radius 2 is 2.07 bits per heavy atom. The van der Waals surface area contributed by atoms with Crippen LogP contribution in [0.4, 0.5) is 17.6 Å². The smallest absolute Gasteiger partial charge is 0.433 e. The fourth-order valence-electron chi connectivity index (χ4n) is 2.68. The maximum Gasteiger partial charge on any atom is 0.433 e. The maximum absolute atomic E-state index is 13.1. The molecule has 3 rings (SSSR count). The zero-order chi connectivity index (χ0) is 21.9. The summed E-state index contributed by atoms with van der Waals surface area (Å²) in [6.45, 7) is -0.239. The van der Waals surface area contributed by atoms with E-state index in [1.807, 2.05) is 0 Å². The number of alkyl halides is 3. The van der Waals surface area contributed by atoms with E-state index in [0.29, 0.717) is 5.69 Å². The van der Waals surface area contributed by atoms with Crippen LogP contribution in [0.2, 0.25) is 0 Å². The van der Waals surface area contributed by atoms with Gasteiger partial charge in [-0.15, -0.1) is 0 Å². The molecule has 0 aromatic carbocycles. The van der Waals surface area contributed by atoms with Crippen LogP contribution in [-0.4, -0.2) is 39.8 Å². The third-order valence-corrected chi connectivity index (χ3v) is 4.44. The summed E-state index contributed by atoms with van der Waals surface area (Å²) >= 11 is 0. The number of rotatable bonds is 7. The molecule has 0 spiro atoms. The predicted octanol–water partition coefficient (Wildman–Crippen LogP) is 3.11. The van der Waals surface area contributed by atoms with Gasteiger partial charge < -0.3 is 10.8 Å². The molecular formula is C19H17F4N5O2. The van der Waals surface area contributed by atoms with E-state index in [4.69, 9.17) is 5.73 Å². The molecule has 2 aromatic rings. The van der Waals surface area contributed by atoms with Crippen molar-refractivity contribution in [3.8, 4) is 0 Å². The summed E-state index contributed by atoms with van der Waals surface area (Å²) in [4.78, 5) is 26.2. The zero-order valence-corrected chi connectivity index (χ0v) is 15.5. The number of nitrogens with two attached hydrogens (primary N) is 1. The number of pyridine rings is 2. The van der Waals surface area contributed by atoms with Crippen LogP contribution < -0.4 is 5.73 Å². The highest BCUT2D eigenvalue weighted by atomic mass is 19.4. The summed E-state index contributed by atoms with van der Waals surface area (Å²) in [7, 11) is 0. The van der Waals surface area contributed by atoms with Crippen molar-refractivity contribution >= 4 is 18.1 Å². The molecule has 2 heterocycles. The first kappa shape index (κ1) is 21.3. The number of carbonyl (C=O) groups is 1. The third-order valence-electron chi connectivity index (χ3n) is 4.44. The summed E-state index contributed by atoms with van der Waals surface area (Å²) in [6.07, 6.45) is -1.02. The average molecular weight is 423 g/mol. The molecule has 158 valence electrons. The van der Waals surface area contributed by atoms with E-state index in [1.165, 1.54) is 12.1 Å². The Morgan fingerprint density at radius 1 is 1.33 bits per heavy atom. The SMILES string of the molecule is NC(=NC=NCC(C(=O)O)c1ccc(F)nc1)c1cc(C2CC2)nc(C(F)(F)F)c1. The molecular weight excluding hydrogens is 406 g/mol. The quantitative estimate of drug-likeness (QED) is 0.307. The zero-order valence-electron chi connectivity index (χ0n) is 15.5. The fraction of sp³-hybridized carbons (Fsp3) is 0.316. The van der Waals surface area contributed by atoms with Crippen molar-refractivity contribution in [3.63, 3.8) is 0 Å². The van der Waals surface area contributed by atoms with Crippen LogP contribution >= 0.6 is 0 Å². The molecule has 30 heavy (non-hydrogen) atoms. The Morgan fingerprint density at radius 3 is 2.63 bits per heavy atom. The Labute approximate surface area is 168 Å². The van der Waals surface area contributed by atoms with Gasteiger partial charge in [-0.25, -0.2) is 15.0 Å². The van der Waals surface area contributed by atoms with Crippen molar-refractivity contribution in [2.45, 2.75) is 30.9 Å². The number of aromatic nitrogens is 2. The van der Waals surface area contributed by atoms with Gasteiger partial charge in [-0.2, -0.15) is 17.6 Å². The number of carboxylic acids is 1. The molecule has 1 aliphatic carbocycles. The van der Waals surface area contributed by atoms with Crippen molar-refractivity contribution in [3.05, 3.63) is 58.9 Å². The Hall–Kier alpha value is -3.37. The van der Waals surface area contributed by atoms with Crippen LogP contribution in [0.25, 0.3) is 0 Å². The molecule has 0 amide bonds. The molecule has 0 aliphatic heterocycles. The lowest BCUT2D eigenvalue weighted by Crippen LogP contribution is -2.18. The lowest BCUT2D eigenvalue weighted by molar-refractivity contribution is -0.141. The largest absolute Gasteiger partial charge is 0.481 e. The molecule has 0 saturated heterocycles. The summed E-state index contributed by atoms with van der Waals surface area (Å²) in [5.41, 5.74) is 5.36. The molecule has 1 fully saturated rings. The van der Waals surface area contributed by atoms with Crippen molar-refractivity contribution in [2.75, 3.05) is 6.54 Å². The summed E-state index contributed by atoms with van der Waals surface area (Å²) in [5.74, 6) is -3.26. The van der Waals surface area contributed by atoms with E-state index in [9.17, 15) is 27.5 Å². The van der Waals surface area contributed by atoms with Gasteiger partial charge in [0.2, 0.25) is 5.95 Å². The molecule has 3 N–H and O–H groups in total. The van der Waals surface area contributed by atoms with Crippen LogP contribution in [0.5, 0.6) is 0 Å². The number of halogens is 4. The number of carboxylic acid groups (broad SMARTS) is 1. The minimum Gasteiger partial charge on any atom is -0.481 e. The molecule has 1 saturated carbocycles. The van der Waals surface area contributed by atoms with Gasteiger partial charge in [-0.3, -0.25) is 9.79 Å². The average Bonchev–Trinajstić information content (AvgIpc) is 3.53. The molecule has 0 radical (unpaired) electrons. The molecule has 1 atom stereocenters. The lowest BCUT2D eigenvalue weighted by Gasteiger charge is -2.10. The first-order valence-corrected chi connectivity index (χ1v) is 8.90. The van der Waals surface area contributed by atoms with Crippen LogP contribution in [0.3, 0.4) is 0 Å². The fourth-order valence-corrected chi connectivity index (χ4v) is 2.68. The number of aliphatic carboxylic acids is 1. The van der Waals surface area contributed by atoms with Gasteiger partial charge in [0.15, 0.2) is 0 Å². The highest BCUT2D eigenvalue weighted by Gasteiger charge is 2.35. The topological polar surface area (TPSA) is 114 Å². The van der Waals surface area contributed by atoms with E-state index in [2.05, 4.69) is 20.0 Å². The normalized spacial score (nSPS) is 16.1. The first-order chi connectivity index (χ1) is 14.1. The van der Waals surface area contributed by atoms with E-state index >= 15 is 0 Å². The minimum absolute atomic E-state index is 0.0202. The van der Waals surface area contributed by atoms with E-state index in [-0.39, 0.29) is 29.4 Å². The van der Waals surface area contributed by atoms with Crippen LogP contribution in [0.1, 0.15) is 47.2 Å². The maximum atomic E-state index is 13.1. The van der Waals surface area contributed by atoms with Gasteiger partial charge in [-0.1, -0.05) is 6.07 Å². The summed E-state index contributed by atoms with van der Waals surface area (Å²) in [6, 6.07) is 4.58. The van der Waals surface area contributed by atoms with Crippen molar-refractivity contribution in [2.24, 2.45) is 15.7 Å². The van der Waals surface area contributed by atoms with E-state index < -0.39 is 29.7 Å². The van der Waals surface area contributed by atoms with Gasteiger partial charge in [0, 0.05) is 23.4 Å². The van der Waals surface area contributed by atoms with Crippen LogP contribution in [0.15, 0.2) is 40.4 Å². The predicted molar refractivity (Wildman–Crippen MR) is 99.9 cm³/mol. The second-order valence-electron chi connectivity index (χ2n) is 6.74. The van der Waals surface area contributed by atoms with E-state index in [0.717, 1.165) is 37.5 Å². The minimum atomic E-state index is -4.62. The molecule has 7 nitrogen and oxygen atoms in total. The second-order valence-corrected chi connectivity index (χ2v) is 6.74. The third kappa shape index (κ3) is 5.37. The molecule has 1 aliphatic rings. The lowest BCUT2D eigenvalue weighted by atomic mass is 10.0. The van der Waals surface area contributed by atoms with Gasteiger partial charge in [-0.05, 0) is 36.6 Å². The Kier molecular flexibility index (Phi) is 6.09. The van der Waals surface area contributed by atoms with Crippen molar-refractivity contribution in [1.29, 1.82) is 0 Å². The van der Waals surface area contributed by atoms with Crippen molar-refractivity contribution in [1.82, 2.24) is 9.97 Å². The van der Waals surface area contributed by atoms with Gasteiger partial charge >= 0.3 is 12.1 Å². The number of nitrogens with zero attached hydrogens (tertiary/aromatic N) is 4. The number of hydrogen-bond acceptors (Lipinski definition) is 4. The molecule has 2 aromatic heterocycles. The summed E-state index contributed by atoms with van der Waals surface area (Å²) in [5, 5.41) is 9.31. The first-order valence-electron chi connectivity index (χ1n) is 8.90.